The Morgan fingerprint density at radius 2 is 1.91 bits per heavy atom. The van der Waals surface area contributed by atoms with Crippen LogP contribution in [0.3, 0.4) is 0 Å². The molecule has 0 fully saturated rings. The normalized spacial score (nSPS) is 10.7. The van der Waals surface area contributed by atoms with Crippen LogP contribution in [-0.4, -0.2) is 12.6 Å². The summed E-state index contributed by atoms with van der Waals surface area (Å²) in [7, 11) is 0. The topological polar surface area (TPSA) is 38.3 Å². The van der Waals surface area contributed by atoms with Crippen molar-refractivity contribution in [2.24, 2.45) is 0 Å². The Morgan fingerprint density at radius 3 is 2.65 bits per heavy atom. The number of amides is 1. The standard InChI is InChI=1S/C17H14BrF2NO2/c18-14-8-9-15(19)13(16(14)20)7-4-10-21-17(22)23-11-12-5-2-1-3-6-12/h1-9H,10-11H2,(H,21,22). The second-order valence-electron chi connectivity index (χ2n) is 4.60. The van der Waals surface area contributed by atoms with Crippen molar-refractivity contribution in [2.45, 2.75) is 6.61 Å². The number of ether oxygens (including phenoxy) is 1. The van der Waals surface area contributed by atoms with E-state index in [4.69, 9.17) is 4.74 Å². The Balaban J connectivity index is 1.80. The molecule has 0 aliphatic heterocycles. The molecule has 0 spiro atoms. The lowest BCUT2D eigenvalue weighted by Crippen LogP contribution is -2.24. The van der Waals surface area contributed by atoms with Crippen LogP contribution in [-0.2, 0) is 11.3 Å². The van der Waals surface area contributed by atoms with E-state index in [0.717, 1.165) is 11.6 Å². The van der Waals surface area contributed by atoms with Crippen molar-refractivity contribution in [3.63, 3.8) is 0 Å². The van der Waals surface area contributed by atoms with Crippen molar-refractivity contribution >= 4 is 28.1 Å². The van der Waals surface area contributed by atoms with Crippen molar-refractivity contribution in [3.05, 3.63) is 75.8 Å². The third-order valence-electron chi connectivity index (χ3n) is 2.94. The quantitative estimate of drug-likeness (QED) is 0.764. The molecule has 0 heterocycles. The van der Waals surface area contributed by atoms with Crippen LogP contribution in [0.15, 0.2) is 53.0 Å². The van der Waals surface area contributed by atoms with Gasteiger partial charge in [-0.15, -0.1) is 0 Å². The molecule has 1 amide bonds. The van der Waals surface area contributed by atoms with Gasteiger partial charge in [0.25, 0.3) is 0 Å². The molecule has 0 bridgehead atoms. The number of nitrogens with one attached hydrogen (secondary N) is 1. The minimum atomic E-state index is -0.687. The van der Waals surface area contributed by atoms with Crippen LogP contribution >= 0.6 is 15.9 Å². The first kappa shape index (κ1) is 17.1. The summed E-state index contributed by atoms with van der Waals surface area (Å²) in [6.07, 6.45) is 2.11. The van der Waals surface area contributed by atoms with Crippen molar-refractivity contribution in [2.75, 3.05) is 6.54 Å². The maximum absolute atomic E-state index is 13.7. The summed E-state index contributed by atoms with van der Waals surface area (Å²) in [5.41, 5.74) is 0.704. The van der Waals surface area contributed by atoms with Gasteiger partial charge in [-0.05, 0) is 33.6 Å². The number of hydrogen-bond donors (Lipinski definition) is 1. The molecule has 0 unspecified atom stereocenters. The summed E-state index contributed by atoms with van der Waals surface area (Å²) in [5.74, 6) is -1.36. The van der Waals surface area contributed by atoms with Gasteiger partial charge in [-0.3, -0.25) is 0 Å². The molecular weight excluding hydrogens is 368 g/mol. The SMILES string of the molecule is O=C(NCC=Cc1c(F)ccc(Br)c1F)OCc1ccccc1. The highest BCUT2D eigenvalue weighted by atomic mass is 79.9. The first-order valence-electron chi connectivity index (χ1n) is 6.82. The Kier molecular flexibility index (Phi) is 6.29. The van der Waals surface area contributed by atoms with Gasteiger partial charge in [0.2, 0.25) is 0 Å². The van der Waals surface area contributed by atoms with Crippen LogP contribution in [0.25, 0.3) is 6.08 Å². The lowest BCUT2D eigenvalue weighted by atomic mass is 10.2. The van der Waals surface area contributed by atoms with Gasteiger partial charge >= 0.3 is 6.09 Å². The number of alkyl carbamates (subject to hydrolysis) is 1. The number of rotatable bonds is 5. The molecule has 2 aromatic carbocycles. The minimum Gasteiger partial charge on any atom is -0.445 e. The van der Waals surface area contributed by atoms with Gasteiger partial charge in [-0.1, -0.05) is 42.5 Å². The van der Waals surface area contributed by atoms with Crippen LogP contribution in [0.1, 0.15) is 11.1 Å². The lowest BCUT2D eigenvalue weighted by Gasteiger charge is -2.05. The summed E-state index contributed by atoms with van der Waals surface area (Å²) in [6, 6.07) is 11.7. The maximum Gasteiger partial charge on any atom is 0.407 e. The molecule has 1 N–H and O–H groups in total. The molecule has 2 aromatic rings. The van der Waals surface area contributed by atoms with Gasteiger partial charge in [0.15, 0.2) is 0 Å². The van der Waals surface area contributed by atoms with Gasteiger partial charge in [0.1, 0.15) is 18.2 Å². The second kappa shape index (κ2) is 8.43. The van der Waals surface area contributed by atoms with Gasteiger partial charge < -0.3 is 10.1 Å². The second-order valence-corrected chi connectivity index (χ2v) is 5.46. The van der Waals surface area contributed by atoms with Crippen LogP contribution in [0.4, 0.5) is 13.6 Å². The predicted octanol–water partition coefficient (Wildman–Crippen LogP) is 4.67. The minimum absolute atomic E-state index is 0.0962. The zero-order valence-electron chi connectivity index (χ0n) is 12.1. The third-order valence-corrected chi connectivity index (χ3v) is 3.55. The van der Waals surface area contributed by atoms with Crippen molar-refractivity contribution in [1.82, 2.24) is 5.32 Å². The van der Waals surface area contributed by atoms with E-state index in [2.05, 4.69) is 21.2 Å². The monoisotopic (exact) mass is 381 g/mol. The molecule has 0 saturated carbocycles. The van der Waals surface area contributed by atoms with E-state index in [1.54, 1.807) is 0 Å². The number of benzene rings is 2. The summed E-state index contributed by atoms with van der Waals surface area (Å²) in [6.45, 7) is 0.254. The zero-order chi connectivity index (χ0) is 16.7. The van der Waals surface area contributed by atoms with Crippen LogP contribution in [0.2, 0.25) is 0 Å². The Hall–Kier alpha value is -2.21. The van der Waals surface area contributed by atoms with E-state index in [0.29, 0.717) is 0 Å². The van der Waals surface area contributed by atoms with Gasteiger partial charge in [0.05, 0.1) is 4.47 Å². The fourth-order valence-corrected chi connectivity index (χ4v) is 2.13. The number of carbonyl (C=O) groups excluding carboxylic acids is 1. The molecule has 0 aliphatic rings. The van der Waals surface area contributed by atoms with Gasteiger partial charge in [0, 0.05) is 12.1 Å². The first-order valence-corrected chi connectivity index (χ1v) is 7.62. The van der Waals surface area contributed by atoms with Crippen molar-refractivity contribution < 1.29 is 18.3 Å². The molecule has 0 aliphatic carbocycles. The van der Waals surface area contributed by atoms with Crippen LogP contribution in [0, 0.1) is 11.6 Å². The summed E-state index contributed by atoms with van der Waals surface area (Å²) >= 11 is 2.99. The molecule has 23 heavy (non-hydrogen) atoms. The van der Waals surface area contributed by atoms with E-state index in [-0.39, 0.29) is 23.2 Å². The maximum atomic E-state index is 13.7. The number of halogens is 3. The Morgan fingerprint density at radius 1 is 1.17 bits per heavy atom. The van der Waals surface area contributed by atoms with Crippen LogP contribution < -0.4 is 5.32 Å². The molecule has 2 rings (SSSR count). The summed E-state index contributed by atoms with van der Waals surface area (Å²) in [5, 5.41) is 2.47. The smallest absolute Gasteiger partial charge is 0.407 e. The highest BCUT2D eigenvalue weighted by molar-refractivity contribution is 9.10. The van der Waals surface area contributed by atoms with E-state index in [9.17, 15) is 13.6 Å². The molecule has 0 radical (unpaired) electrons. The third kappa shape index (κ3) is 5.17. The average molecular weight is 382 g/mol. The molecule has 0 aromatic heterocycles. The van der Waals surface area contributed by atoms with Gasteiger partial charge in [-0.25, -0.2) is 13.6 Å². The molecule has 0 atom stereocenters. The van der Waals surface area contributed by atoms with E-state index < -0.39 is 17.7 Å². The highest BCUT2D eigenvalue weighted by Gasteiger charge is 2.09. The van der Waals surface area contributed by atoms with E-state index in [1.807, 2.05) is 30.3 Å². The molecule has 6 heteroatoms. The predicted molar refractivity (Wildman–Crippen MR) is 87.7 cm³/mol. The fourth-order valence-electron chi connectivity index (χ4n) is 1.79. The molecule has 3 nitrogen and oxygen atoms in total. The average Bonchev–Trinajstić information content (AvgIpc) is 2.57. The summed E-state index contributed by atoms with van der Waals surface area (Å²) < 4.78 is 32.4. The lowest BCUT2D eigenvalue weighted by molar-refractivity contribution is 0.141. The number of hydrogen-bond acceptors (Lipinski definition) is 2. The first-order chi connectivity index (χ1) is 11.1. The van der Waals surface area contributed by atoms with E-state index >= 15 is 0 Å². The van der Waals surface area contributed by atoms with Crippen LogP contribution in [0.5, 0.6) is 0 Å². The molecular formula is C17H14BrF2NO2. The fraction of sp³-hybridized carbons (Fsp3) is 0.118. The van der Waals surface area contributed by atoms with Crippen molar-refractivity contribution in [3.8, 4) is 0 Å². The van der Waals surface area contributed by atoms with Gasteiger partial charge in [-0.2, -0.15) is 0 Å². The highest BCUT2D eigenvalue weighted by Crippen LogP contribution is 2.22. The number of carbonyl (C=O) groups is 1. The molecule has 120 valence electrons. The Labute approximate surface area is 141 Å². The summed E-state index contributed by atoms with van der Waals surface area (Å²) in [4.78, 5) is 11.5. The molecule has 0 saturated heterocycles. The van der Waals surface area contributed by atoms with E-state index in [1.165, 1.54) is 18.2 Å². The zero-order valence-corrected chi connectivity index (χ0v) is 13.6. The Bertz CT molecular complexity index is 705. The van der Waals surface area contributed by atoms with Crippen molar-refractivity contribution in [1.29, 1.82) is 0 Å². The largest absolute Gasteiger partial charge is 0.445 e.